The summed E-state index contributed by atoms with van der Waals surface area (Å²) in [6, 6.07) is 20.8. The average molecular weight is 503 g/mol. The largest absolute Gasteiger partial charge is 0.508 e. The highest BCUT2D eigenvalue weighted by atomic mass is 16.5. The molecule has 0 amide bonds. The lowest BCUT2D eigenvalue weighted by Crippen LogP contribution is -2.43. The van der Waals surface area contributed by atoms with Crippen molar-refractivity contribution >= 4 is 5.69 Å². The Balaban J connectivity index is 1.53. The molecule has 0 bridgehead atoms. The number of methoxy groups -OCH3 is 1. The number of ether oxygens (including phenoxy) is 2. The van der Waals surface area contributed by atoms with Crippen molar-refractivity contribution in [2.45, 2.75) is 58.0 Å². The molecule has 0 fully saturated rings. The van der Waals surface area contributed by atoms with Crippen molar-refractivity contribution in [3.63, 3.8) is 0 Å². The van der Waals surface area contributed by atoms with Crippen molar-refractivity contribution in [1.82, 2.24) is 4.90 Å². The smallest absolute Gasteiger partial charge is 0.120 e. The first-order chi connectivity index (χ1) is 17.7. The summed E-state index contributed by atoms with van der Waals surface area (Å²) in [6.45, 7) is 8.92. The Labute approximate surface area is 222 Å². The van der Waals surface area contributed by atoms with Crippen molar-refractivity contribution in [2.24, 2.45) is 0 Å². The molecule has 0 saturated heterocycles. The number of aromatic hydroxyl groups is 1. The maximum Gasteiger partial charge on any atom is 0.120 e. The molecule has 1 aliphatic rings. The molecule has 3 aromatic carbocycles. The van der Waals surface area contributed by atoms with E-state index < -0.39 is 0 Å². The number of aryl methyl sites for hydroxylation is 1. The Kier molecular flexibility index (Phi) is 8.33. The molecule has 1 atom stereocenters. The van der Waals surface area contributed by atoms with E-state index in [1.165, 1.54) is 27.9 Å². The van der Waals surface area contributed by atoms with Crippen LogP contribution in [0, 0.1) is 0 Å². The average Bonchev–Trinajstić information content (AvgIpc) is 2.90. The summed E-state index contributed by atoms with van der Waals surface area (Å²) in [4.78, 5) is 4.62. The molecule has 0 aromatic heterocycles. The van der Waals surface area contributed by atoms with E-state index in [1.807, 2.05) is 12.1 Å². The van der Waals surface area contributed by atoms with Gasteiger partial charge >= 0.3 is 0 Å². The Morgan fingerprint density at radius 2 is 1.68 bits per heavy atom. The predicted molar refractivity (Wildman–Crippen MR) is 152 cm³/mol. The van der Waals surface area contributed by atoms with Crippen molar-refractivity contribution in [3.05, 3.63) is 82.9 Å². The Morgan fingerprint density at radius 3 is 2.35 bits per heavy atom. The third-order valence-electron chi connectivity index (χ3n) is 7.92. The van der Waals surface area contributed by atoms with E-state index in [0.717, 1.165) is 43.9 Å². The lowest BCUT2D eigenvalue weighted by atomic mass is 9.79. The quantitative estimate of drug-likeness (QED) is 0.347. The maximum atomic E-state index is 9.89. The third-order valence-corrected chi connectivity index (χ3v) is 7.92. The van der Waals surface area contributed by atoms with Gasteiger partial charge in [0.2, 0.25) is 0 Å². The standard InChI is InChI=1S/C32H42N2O3/c1-7-34(21-23-8-14-28(15-9-23)37-22-32(2,3)33(4)5)31-20-29(36-6)16-17-30(31)26-11-10-25-19-27(35)13-12-24(25)18-26/h8-9,12-17,19-20,26,35H,7,10-11,18,21-22H2,1-6H3/t26-/m1/s1. The number of phenols is 1. The van der Waals surface area contributed by atoms with Crippen molar-refractivity contribution in [3.8, 4) is 17.2 Å². The summed E-state index contributed by atoms with van der Waals surface area (Å²) in [5.41, 5.74) is 6.44. The van der Waals surface area contributed by atoms with Crippen molar-refractivity contribution in [1.29, 1.82) is 0 Å². The van der Waals surface area contributed by atoms with Crippen LogP contribution >= 0.6 is 0 Å². The number of fused-ring (bicyclic) bond motifs is 1. The van der Waals surface area contributed by atoms with Crippen LogP contribution < -0.4 is 14.4 Å². The minimum Gasteiger partial charge on any atom is -0.508 e. The molecule has 3 aromatic rings. The fourth-order valence-electron chi connectivity index (χ4n) is 4.94. The lowest BCUT2D eigenvalue weighted by molar-refractivity contribution is 0.114. The molecule has 5 nitrogen and oxygen atoms in total. The number of anilines is 1. The zero-order valence-electron chi connectivity index (χ0n) is 23.3. The summed E-state index contributed by atoms with van der Waals surface area (Å²) in [5, 5.41) is 9.89. The summed E-state index contributed by atoms with van der Waals surface area (Å²) in [7, 11) is 5.89. The van der Waals surface area contributed by atoms with E-state index in [2.05, 4.69) is 93.2 Å². The molecule has 1 N–H and O–H groups in total. The molecular weight excluding hydrogens is 460 g/mol. The molecule has 198 valence electrons. The molecule has 0 radical (unpaired) electrons. The molecule has 5 heteroatoms. The minimum absolute atomic E-state index is 0.0273. The first-order valence-corrected chi connectivity index (χ1v) is 13.3. The predicted octanol–water partition coefficient (Wildman–Crippen LogP) is 6.42. The number of likely N-dealkylation sites (N-methyl/N-ethyl adjacent to an activating group) is 1. The monoisotopic (exact) mass is 502 g/mol. The number of hydrogen-bond acceptors (Lipinski definition) is 5. The van der Waals surface area contributed by atoms with Crippen molar-refractivity contribution < 1.29 is 14.6 Å². The van der Waals surface area contributed by atoms with Gasteiger partial charge in [-0.2, -0.15) is 0 Å². The van der Waals surface area contributed by atoms with Gasteiger partial charge in [0.05, 0.1) is 7.11 Å². The fraction of sp³-hybridized carbons (Fsp3) is 0.438. The van der Waals surface area contributed by atoms with Gasteiger partial charge in [-0.1, -0.05) is 24.3 Å². The second-order valence-corrected chi connectivity index (χ2v) is 11.0. The van der Waals surface area contributed by atoms with Crippen LogP contribution in [0.2, 0.25) is 0 Å². The second kappa shape index (κ2) is 11.5. The highest BCUT2D eigenvalue weighted by Gasteiger charge is 2.25. The normalized spacial score (nSPS) is 15.4. The molecule has 1 aliphatic carbocycles. The second-order valence-electron chi connectivity index (χ2n) is 11.0. The van der Waals surface area contributed by atoms with Crippen LogP contribution in [-0.4, -0.2) is 49.9 Å². The molecule has 0 aliphatic heterocycles. The summed E-state index contributed by atoms with van der Waals surface area (Å²) < 4.78 is 11.7. The van der Waals surface area contributed by atoms with Gasteiger partial charge in [-0.15, -0.1) is 0 Å². The Bertz CT molecular complexity index is 1190. The maximum absolute atomic E-state index is 9.89. The van der Waals surface area contributed by atoms with E-state index in [1.54, 1.807) is 7.11 Å². The number of benzene rings is 3. The van der Waals surface area contributed by atoms with E-state index in [-0.39, 0.29) is 5.54 Å². The Hall–Kier alpha value is -3.18. The molecule has 4 rings (SSSR count). The van der Waals surface area contributed by atoms with E-state index in [0.29, 0.717) is 18.3 Å². The zero-order chi connectivity index (χ0) is 26.6. The van der Waals surface area contributed by atoms with Crippen LogP contribution in [0.15, 0.2) is 60.7 Å². The van der Waals surface area contributed by atoms with E-state index in [9.17, 15) is 5.11 Å². The van der Waals surface area contributed by atoms with Crippen LogP contribution in [0.5, 0.6) is 17.2 Å². The van der Waals surface area contributed by atoms with Crippen LogP contribution in [0.3, 0.4) is 0 Å². The first kappa shape index (κ1) is 26.9. The van der Waals surface area contributed by atoms with Gasteiger partial charge in [0, 0.05) is 30.4 Å². The summed E-state index contributed by atoms with van der Waals surface area (Å²) in [6.07, 6.45) is 3.04. The SMILES string of the molecule is CCN(Cc1ccc(OCC(C)(C)N(C)C)cc1)c1cc(OC)ccc1[C@@H]1CCc2cc(O)ccc2C1. The number of hydrogen-bond donors (Lipinski definition) is 1. The van der Waals surface area contributed by atoms with E-state index in [4.69, 9.17) is 9.47 Å². The van der Waals surface area contributed by atoms with Gasteiger partial charge in [-0.05, 0) is 113 Å². The molecule has 0 heterocycles. The van der Waals surface area contributed by atoms with Crippen LogP contribution in [0.25, 0.3) is 0 Å². The zero-order valence-corrected chi connectivity index (χ0v) is 23.3. The van der Waals surface area contributed by atoms with Crippen LogP contribution in [-0.2, 0) is 19.4 Å². The molecule has 0 unspecified atom stereocenters. The number of rotatable bonds is 10. The van der Waals surface area contributed by atoms with E-state index >= 15 is 0 Å². The summed E-state index contributed by atoms with van der Waals surface area (Å²) >= 11 is 0. The molecule has 37 heavy (non-hydrogen) atoms. The fourth-order valence-corrected chi connectivity index (χ4v) is 4.94. The Morgan fingerprint density at radius 1 is 0.946 bits per heavy atom. The first-order valence-electron chi connectivity index (χ1n) is 13.3. The highest BCUT2D eigenvalue weighted by Crippen LogP contribution is 2.40. The molecule has 0 spiro atoms. The van der Waals surface area contributed by atoms with Crippen molar-refractivity contribution in [2.75, 3.05) is 39.3 Å². The van der Waals surface area contributed by atoms with Gasteiger partial charge in [0.25, 0.3) is 0 Å². The number of nitrogens with zero attached hydrogens (tertiary/aromatic N) is 2. The molecular formula is C32H42N2O3. The van der Waals surface area contributed by atoms with Gasteiger partial charge in [-0.25, -0.2) is 0 Å². The van der Waals surface area contributed by atoms with Crippen LogP contribution in [0.1, 0.15) is 55.4 Å². The minimum atomic E-state index is -0.0273. The number of phenolic OH excluding ortho intramolecular Hbond substituents is 1. The van der Waals surface area contributed by atoms with Gasteiger partial charge in [-0.3, -0.25) is 0 Å². The van der Waals surface area contributed by atoms with Gasteiger partial charge in [0.1, 0.15) is 23.9 Å². The lowest BCUT2D eigenvalue weighted by Gasteiger charge is -2.32. The molecule has 0 saturated carbocycles. The topological polar surface area (TPSA) is 45.2 Å². The van der Waals surface area contributed by atoms with Gasteiger partial charge in [0.15, 0.2) is 0 Å². The van der Waals surface area contributed by atoms with Gasteiger partial charge < -0.3 is 24.4 Å². The third kappa shape index (κ3) is 6.40. The van der Waals surface area contributed by atoms with Crippen LogP contribution in [0.4, 0.5) is 5.69 Å². The summed E-state index contributed by atoms with van der Waals surface area (Å²) in [5.74, 6) is 2.57. The highest BCUT2D eigenvalue weighted by molar-refractivity contribution is 5.60.